The number of benzene rings is 2. The third kappa shape index (κ3) is 3.91. The lowest BCUT2D eigenvalue weighted by Crippen LogP contribution is -2.29. The van der Waals surface area contributed by atoms with E-state index in [0.29, 0.717) is 18.7 Å². The zero-order valence-electron chi connectivity index (χ0n) is 14.2. The number of sulfonamides is 1. The van der Waals surface area contributed by atoms with E-state index in [1.54, 1.807) is 18.2 Å². The molecule has 2 aromatic carbocycles. The lowest BCUT2D eigenvalue weighted by Gasteiger charge is -2.17. The van der Waals surface area contributed by atoms with Crippen LogP contribution in [0.25, 0.3) is 0 Å². The van der Waals surface area contributed by atoms with Gasteiger partial charge in [0.25, 0.3) is 5.91 Å². The monoisotopic (exact) mass is 358 g/mol. The smallest absolute Gasteiger partial charge is 0.251 e. The number of amides is 1. The fourth-order valence-corrected chi connectivity index (χ4v) is 4.54. The van der Waals surface area contributed by atoms with E-state index in [0.717, 1.165) is 18.4 Å². The molecule has 1 unspecified atom stereocenters. The Morgan fingerprint density at radius 1 is 1.04 bits per heavy atom. The van der Waals surface area contributed by atoms with Crippen LogP contribution in [0, 0.1) is 0 Å². The van der Waals surface area contributed by atoms with Gasteiger partial charge >= 0.3 is 0 Å². The minimum atomic E-state index is -3.52. The van der Waals surface area contributed by atoms with Crippen molar-refractivity contribution in [1.29, 1.82) is 0 Å². The molecule has 1 amide bonds. The van der Waals surface area contributed by atoms with Crippen LogP contribution in [0.3, 0.4) is 0 Å². The maximum absolute atomic E-state index is 12.6. The quantitative estimate of drug-likeness (QED) is 0.894. The molecular formula is C19H22N2O3S. The Kier molecular flexibility index (Phi) is 5.20. The molecule has 0 radical (unpaired) electrons. The van der Waals surface area contributed by atoms with Crippen molar-refractivity contribution in [3.05, 3.63) is 65.7 Å². The first-order valence-corrected chi connectivity index (χ1v) is 9.88. The van der Waals surface area contributed by atoms with Gasteiger partial charge in [0, 0.05) is 18.7 Å². The van der Waals surface area contributed by atoms with E-state index in [2.05, 4.69) is 5.32 Å². The molecule has 0 saturated carbocycles. The van der Waals surface area contributed by atoms with Crippen molar-refractivity contribution in [2.24, 2.45) is 0 Å². The van der Waals surface area contributed by atoms with Crippen LogP contribution >= 0.6 is 0 Å². The van der Waals surface area contributed by atoms with Crippen molar-refractivity contribution in [3.8, 4) is 0 Å². The molecular weight excluding hydrogens is 336 g/mol. The van der Waals surface area contributed by atoms with Crippen LogP contribution in [-0.4, -0.2) is 31.7 Å². The Balaban J connectivity index is 1.78. The Labute approximate surface area is 148 Å². The predicted octanol–water partition coefficient (Wildman–Crippen LogP) is 2.96. The number of carbonyl (C=O) groups excluding carboxylic acids is 1. The average Bonchev–Trinajstić information content (AvgIpc) is 3.18. The number of nitrogens with one attached hydrogen (secondary N) is 1. The molecule has 1 heterocycles. The van der Waals surface area contributed by atoms with E-state index in [9.17, 15) is 13.2 Å². The molecule has 5 nitrogen and oxygen atoms in total. The highest BCUT2D eigenvalue weighted by atomic mass is 32.2. The molecule has 3 rings (SSSR count). The SMILES string of the molecule is CC(NC(=O)c1cccc(S(=O)(=O)N2CCCC2)c1)c1ccccc1. The summed E-state index contributed by atoms with van der Waals surface area (Å²) in [6, 6.07) is 15.7. The molecule has 6 heteroatoms. The Morgan fingerprint density at radius 2 is 1.72 bits per heavy atom. The highest BCUT2D eigenvalue weighted by Crippen LogP contribution is 2.22. The number of nitrogens with zero attached hydrogens (tertiary/aromatic N) is 1. The molecule has 25 heavy (non-hydrogen) atoms. The second-order valence-corrected chi connectivity index (χ2v) is 8.18. The van der Waals surface area contributed by atoms with Gasteiger partial charge in [-0.2, -0.15) is 4.31 Å². The van der Waals surface area contributed by atoms with Crippen LogP contribution in [0.1, 0.15) is 41.7 Å². The van der Waals surface area contributed by atoms with Crippen LogP contribution in [0.5, 0.6) is 0 Å². The molecule has 2 aromatic rings. The van der Waals surface area contributed by atoms with Crippen molar-refractivity contribution in [1.82, 2.24) is 9.62 Å². The van der Waals surface area contributed by atoms with Gasteiger partial charge in [0.15, 0.2) is 0 Å². The normalized spacial score (nSPS) is 16.5. The largest absolute Gasteiger partial charge is 0.346 e. The lowest BCUT2D eigenvalue weighted by molar-refractivity contribution is 0.0939. The number of hydrogen-bond acceptors (Lipinski definition) is 3. The van der Waals surface area contributed by atoms with E-state index in [-0.39, 0.29) is 16.8 Å². The summed E-state index contributed by atoms with van der Waals surface area (Å²) in [4.78, 5) is 12.7. The minimum Gasteiger partial charge on any atom is -0.346 e. The number of rotatable bonds is 5. The van der Waals surface area contributed by atoms with Gasteiger partial charge in [-0.25, -0.2) is 8.42 Å². The van der Waals surface area contributed by atoms with Gasteiger partial charge < -0.3 is 5.32 Å². The summed E-state index contributed by atoms with van der Waals surface area (Å²) in [5.74, 6) is -0.283. The summed E-state index contributed by atoms with van der Waals surface area (Å²) in [5.41, 5.74) is 1.35. The Hall–Kier alpha value is -2.18. The zero-order valence-corrected chi connectivity index (χ0v) is 15.0. The summed E-state index contributed by atoms with van der Waals surface area (Å²) in [5, 5.41) is 2.91. The summed E-state index contributed by atoms with van der Waals surface area (Å²) >= 11 is 0. The molecule has 0 spiro atoms. The lowest BCUT2D eigenvalue weighted by atomic mass is 10.1. The molecule has 1 saturated heterocycles. The molecule has 1 fully saturated rings. The number of carbonyl (C=O) groups is 1. The maximum Gasteiger partial charge on any atom is 0.251 e. The first-order valence-electron chi connectivity index (χ1n) is 8.44. The van der Waals surface area contributed by atoms with Crippen LogP contribution in [0.4, 0.5) is 0 Å². The minimum absolute atomic E-state index is 0.160. The summed E-state index contributed by atoms with van der Waals surface area (Å²) in [7, 11) is -3.52. The third-order valence-electron chi connectivity index (χ3n) is 4.45. The number of hydrogen-bond donors (Lipinski definition) is 1. The van der Waals surface area contributed by atoms with Crippen molar-refractivity contribution in [2.75, 3.05) is 13.1 Å². The van der Waals surface area contributed by atoms with Crippen molar-refractivity contribution in [2.45, 2.75) is 30.7 Å². The molecule has 0 bridgehead atoms. The second-order valence-electron chi connectivity index (χ2n) is 6.24. The van der Waals surface area contributed by atoms with E-state index in [1.165, 1.54) is 10.4 Å². The van der Waals surface area contributed by atoms with Gasteiger partial charge in [-0.05, 0) is 43.5 Å². The van der Waals surface area contributed by atoms with Gasteiger partial charge in [-0.1, -0.05) is 36.4 Å². The van der Waals surface area contributed by atoms with Gasteiger partial charge in [-0.15, -0.1) is 0 Å². The molecule has 1 N–H and O–H groups in total. The second kappa shape index (κ2) is 7.37. The summed E-state index contributed by atoms with van der Waals surface area (Å²) in [6.07, 6.45) is 1.77. The van der Waals surface area contributed by atoms with E-state index >= 15 is 0 Å². The van der Waals surface area contributed by atoms with Crippen molar-refractivity contribution < 1.29 is 13.2 Å². The predicted molar refractivity (Wildman–Crippen MR) is 96.8 cm³/mol. The van der Waals surface area contributed by atoms with E-state index in [4.69, 9.17) is 0 Å². The van der Waals surface area contributed by atoms with Crippen molar-refractivity contribution in [3.63, 3.8) is 0 Å². The highest BCUT2D eigenvalue weighted by molar-refractivity contribution is 7.89. The van der Waals surface area contributed by atoms with E-state index < -0.39 is 10.0 Å². The molecule has 1 aliphatic heterocycles. The summed E-state index contributed by atoms with van der Waals surface area (Å²) in [6.45, 7) is 2.99. The van der Waals surface area contributed by atoms with Gasteiger partial charge in [0.1, 0.15) is 0 Å². The first-order chi connectivity index (χ1) is 12.0. The van der Waals surface area contributed by atoms with Gasteiger partial charge in [-0.3, -0.25) is 4.79 Å². The standard InChI is InChI=1S/C19H22N2O3S/c1-15(16-8-3-2-4-9-16)20-19(22)17-10-7-11-18(14-17)25(23,24)21-12-5-6-13-21/h2-4,7-11,14-15H,5-6,12-13H2,1H3,(H,20,22). The molecule has 132 valence electrons. The van der Waals surface area contributed by atoms with Gasteiger partial charge in [0.05, 0.1) is 10.9 Å². The highest BCUT2D eigenvalue weighted by Gasteiger charge is 2.27. The fourth-order valence-electron chi connectivity index (χ4n) is 2.98. The topological polar surface area (TPSA) is 66.5 Å². The molecule has 1 atom stereocenters. The van der Waals surface area contributed by atoms with Crippen LogP contribution in [-0.2, 0) is 10.0 Å². The van der Waals surface area contributed by atoms with Crippen LogP contribution in [0.2, 0.25) is 0 Å². The maximum atomic E-state index is 12.6. The molecule has 0 aliphatic carbocycles. The van der Waals surface area contributed by atoms with Gasteiger partial charge in [0.2, 0.25) is 10.0 Å². The fraction of sp³-hybridized carbons (Fsp3) is 0.316. The summed E-state index contributed by atoms with van der Waals surface area (Å²) < 4.78 is 26.8. The molecule has 0 aromatic heterocycles. The van der Waals surface area contributed by atoms with Crippen LogP contribution in [0.15, 0.2) is 59.5 Å². The van der Waals surface area contributed by atoms with Crippen LogP contribution < -0.4 is 5.32 Å². The van der Waals surface area contributed by atoms with Crippen molar-refractivity contribution >= 4 is 15.9 Å². The zero-order chi connectivity index (χ0) is 17.9. The Morgan fingerprint density at radius 3 is 2.40 bits per heavy atom. The first kappa shape index (κ1) is 17.6. The molecule has 1 aliphatic rings. The van der Waals surface area contributed by atoms with E-state index in [1.807, 2.05) is 37.3 Å². The average molecular weight is 358 g/mol. The Bertz CT molecular complexity index is 844. The third-order valence-corrected chi connectivity index (χ3v) is 6.34.